The molecule has 0 saturated carbocycles. The van der Waals surface area contributed by atoms with Gasteiger partial charge in [0.2, 0.25) is 0 Å². The van der Waals surface area contributed by atoms with Gasteiger partial charge >= 0.3 is 0 Å². The molecule has 1 fully saturated rings. The summed E-state index contributed by atoms with van der Waals surface area (Å²) in [6.45, 7) is 4.86. The first kappa shape index (κ1) is 20.3. The standard InChI is InChI=1S/C22H24N4O3S/c1-13-6-4-5-7-16(13)19(27)24-15-8-10-26(11-9-15)22(29)18-14(2)17-20(30-18)23-12-25(3)21(17)28/h4-7,12,15H,8-11H2,1-3H3,(H,24,27). The highest BCUT2D eigenvalue weighted by atomic mass is 32.1. The Hall–Kier alpha value is -3.00. The predicted octanol–water partition coefficient (Wildman–Crippen LogP) is 2.65. The van der Waals surface area contributed by atoms with E-state index in [0.29, 0.717) is 52.2 Å². The first-order valence-electron chi connectivity index (χ1n) is 9.97. The first-order chi connectivity index (χ1) is 14.4. The summed E-state index contributed by atoms with van der Waals surface area (Å²) >= 11 is 1.27. The number of piperidine rings is 1. The Morgan fingerprint density at radius 3 is 2.57 bits per heavy atom. The molecule has 4 rings (SSSR count). The number of nitrogens with one attached hydrogen (secondary N) is 1. The molecule has 7 nitrogen and oxygen atoms in total. The number of thiophene rings is 1. The summed E-state index contributed by atoms with van der Waals surface area (Å²) < 4.78 is 1.43. The van der Waals surface area contributed by atoms with E-state index in [4.69, 9.17) is 0 Å². The van der Waals surface area contributed by atoms with E-state index < -0.39 is 0 Å². The van der Waals surface area contributed by atoms with Gasteiger partial charge in [0.1, 0.15) is 4.83 Å². The number of likely N-dealkylation sites (tertiary alicyclic amines) is 1. The van der Waals surface area contributed by atoms with Crippen LogP contribution in [0.2, 0.25) is 0 Å². The minimum atomic E-state index is -0.134. The van der Waals surface area contributed by atoms with Gasteiger partial charge in [0.05, 0.1) is 16.6 Å². The fourth-order valence-corrected chi connectivity index (χ4v) is 4.98. The van der Waals surface area contributed by atoms with E-state index in [-0.39, 0.29) is 23.4 Å². The molecule has 1 aliphatic heterocycles. The van der Waals surface area contributed by atoms with E-state index in [9.17, 15) is 14.4 Å². The van der Waals surface area contributed by atoms with E-state index in [1.807, 2.05) is 38.1 Å². The number of carbonyl (C=O) groups is 2. The predicted molar refractivity (Wildman–Crippen MR) is 117 cm³/mol. The van der Waals surface area contributed by atoms with Crippen molar-refractivity contribution in [3.05, 3.63) is 62.5 Å². The van der Waals surface area contributed by atoms with E-state index >= 15 is 0 Å². The average Bonchev–Trinajstić information content (AvgIpc) is 3.08. The summed E-state index contributed by atoms with van der Waals surface area (Å²) in [5, 5.41) is 3.62. The van der Waals surface area contributed by atoms with Gasteiger partial charge < -0.3 is 14.8 Å². The molecule has 8 heteroatoms. The minimum Gasteiger partial charge on any atom is -0.349 e. The summed E-state index contributed by atoms with van der Waals surface area (Å²) in [5.74, 6) is -0.138. The number of hydrogen-bond acceptors (Lipinski definition) is 5. The molecular weight excluding hydrogens is 400 g/mol. The average molecular weight is 425 g/mol. The summed E-state index contributed by atoms with van der Waals surface area (Å²) in [7, 11) is 1.66. The summed E-state index contributed by atoms with van der Waals surface area (Å²) in [4.78, 5) is 45.3. The third-order valence-electron chi connectivity index (χ3n) is 5.71. The van der Waals surface area contributed by atoms with Gasteiger partial charge in [0, 0.05) is 31.7 Å². The second-order valence-electron chi connectivity index (χ2n) is 7.75. The molecule has 0 radical (unpaired) electrons. The normalized spacial score (nSPS) is 14.8. The van der Waals surface area contributed by atoms with Gasteiger partial charge in [-0.3, -0.25) is 14.4 Å². The molecule has 3 heterocycles. The fraction of sp³-hybridized carbons (Fsp3) is 0.364. The van der Waals surface area contributed by atoms with Crippen LogP contribution in [0.25, 0.3) is 10.2 Å². The van der Waals surface area contributed by atoms with Crippen molar-refractivity contribution >= 4 is 33.4 Å². The Labute approximate surface area is 178 Å². The molecule has 1 saturated heterocycles. The topological polar surface area (TPSA) is 84.3 Å². The number of benzene rings is 1. The summed E-state index contributed by atoms with van der Waals surface area (Å²) in [6, 6.07) is 7.56. The number of hydrogen-bond donors (Lipinski definition) is 1. The SMILES string of the molecule is Cc1ccccc1C(=O)NC1CCN(C(=O)c2sc3ncn(C)c(=O)c3c2C)CC1. The molecule has 156 valence electrons. The minimum absolute atomic E-state index is 0.0404. The molecule has 0 atom stereocenters. The van der Waals surface area contributed by atoms with Gasteiger partial charge in [-0.1, -0.05) is 18.2 Å². The lowest BCUT2D eigenvalue weighted by atomic mass is 10.0. The van der Waals surface area contributed by atoms with Crippen molar-refractivity contribution in [3.63, 3.8) is 0 Å². The van der Waals surface area contributed by atoms with Crippen molar-refractivity contribution in [1.82, 2.24) is 19.8 Å². The zero-order chi connectivity index (χ0) is 21.4. The van der Waals surface area contributed by atoms with Gasteiger partial charge in [-0.15, -0.1) is 11.3 Å². The van der Waals surface area contributed by atoms with Gasteiger partial charge in [-0.25, -0.2) is 4.98 Å². The van der Waals surface area contributed by atoms with Crippen molar-refractivity contribution in [2.75, 3.05) is 13.1 Å². The van der Waals surface area contributed by atoms with Gasteiger partial charge in [0.25, 0.3) is 17.4 Å². The first-order valence-corrected chi connectivity index (χ1v) is 10.8. The zero-order valence-electron chi connectivity index (χ0n) is 17.3. The number of rotatable bonds is 3. The molecule has 1 aromatic carbocycles. The third-order valence-corrected chi connectivity index (χ3v) is 6.90. The number of aromatic nitrogens is 2. The lowest BCUT2D eigenvalue weighted by Crippen LogP contribution is -2.46. The van der Waals surface area contributed by atoms with Crippen molar-refractivity contribution < 1.29 is 9.59 Å². The Kier molecular flexibility index (Phi) is 5.42. The van der Waals surface area contributed by atoms with Crippen molar-refractivity contribution in [2.45, 2.75) is 32.7 Å². The molecule has 2 aromatic heterocycles. The Bertz CT molecular complexity index is 1190. The van der Waals surface area contributed by atoms with Crippen LogP contribution in [-0.4, -0.2) is 45.4 Å². The molecule has 1 N–H and O–H groups in total. The maximum atomic E-state index is 13.1. The van der Waals surface area contributed by atoms with E-state index in [1.54, 1.807) is 11.9 Å². The highest BCUT2D eigenvalue weighted by molar-refractivity contribution is 7.20. The highest BCUT2D eigenvalue weighted by Crippen LogP contribution is 2.28. The lowest BCUT2D eigenvalue weighted by Gasteiger charge is -2.32. The molecule has 0 aliphatic carbocycles. The maximum absolute atomic E-state index is 13.1. The number of nitrogens with zero attached hydrogens (tertiary/aromatic N) is 3. The van der Waals surface area contributed by atoms with Crippen LogP contribution in [0.15, 0.2) is 35.4 Å². The zero-order valence-corrected chi connectivity index (χ0v) is 18.1. The van der Waals surface area contributed by atoms with Crippen LogP contribution < -0.4 is 10.9 Å². The lowest BCUT2D eigenvalue weighted by molar-refractivity contribution is 0.0702. The van der Waals surface area contributed by atoms with Crippen LogP contribution in [0.1, 0.15) is 44.0 Å². The highest BCUT2D eigenvalue weighted by Gasteiger charge is 2.28. The Morgan fingerprint density at radius 1 is 1.17 bits per heavy atom. The van der Waals surface area contributed by atoms with Gasteiger partial charge in [0.15, 0.2) is 0 Å². The molecule has 3 aromatic rings. The monoisotopic (exact) mass is 424 g/mol. The van der Waals surface area contributed by atoms with E-state index in [2.05, 4.69) is 10.3 Å². The third kappa shape index (κ3) is 3.63. The fourth-order valence-electron chi connectivity index (χ4n) is 3.87. The molecule has 0 spiro atoms. The second kappa shape index (κ2) is 8.02. The number of aryl methyl sites for hydroxylation is 3. The van der Waals surface area contributed by atoms with Crippen LogP contribution in [0, 0.1) is 13.8 Å². The largest absolute Gasteiger partial charge is 0.349 e. The molecule has 0 bridgehead atoms. The maximum Gasteiger partial charge on any atom is 0.264 e. The molecular formula is C22H24N4O3S. The summed E-state index contributed by atoms with van der Waals surface area (Å²) in [5.41, 5.74) is 2.20. The van der Waals surface area contributed by atoms with Gasteiger partial charge in [-0.2, -0.15) is 0 Å². The van der Waals surface area contributed by atoms with Gasteiger partial charge in [-0.05, 0) is 43.9 Å². The van der Waals surface area contributed by atoms with Crippen molar-refractivity contribution in [2.24, 2.45) is 7.05 Å². The van der Waals surface area contributed by atoms with E-state index in [1.165, 1.54) is 22.2 Å². The molecule has 0 unspecified atom stereocenters. The van der Waals surface area contributed by atoms with Crippen LogP contribution in [-0.2, 0) is 7.05 Å². The summed E-state index contributed by atoms with van der Waals surface area (Å²) in [6.07, 6.45) is 2.89. The molecule has 30 heavy (non-hydrogen) atoms. The van der Waals surface area contributed by atoms with Crippen molar-refractivity contribution in [1.29, 1.82) is 0 Å². The van der Waals surface area contributed by atoms with Crippen LogP contribution in [0.5, 0.6) is 0 Å². The molecule has 1 aliphatic rings. The quantitative estimate of drug-likeness (QED) is 0.701. The number of fused-ring (bicyclic) bond motifs is 1. The smallest absolute Gasteiger partial charge is 0.264 e. The van der Waals surface area contributed by atoms with E-state index in [0.717, 1.165) is 5.56 Å². The number of carbonyl (C=O) groups excluding carboxylic acids is 2. The van der Waals surface area contributed by atoms with Crippen LogP contribution >= 0.6 is 11.3 Å². The van der Waals surface area contributed by atoms with Crippen LogP contribution in [0.3, 0.4) is 0 Å². The Morgan fingerprint density at radius 2 is 1.87 bits per heavy atom. The van der Waals surface area contributed by atoms with Crippen molar-refractivity contribution in [3.8, 4) is 0 Å². The number of amides is 2. The van der Waals surface area contributed by atoms with Crippen LogP contribution in [0.4, 0.5) is 0 Å². The second-order valence-corrected chi connectivity index (χ2v) is 8.75. The Balaban J connectivity index is 1.44. The molecule has 2 amide bonds.